The van der Waals surface area contributed by atoms with Crippen LogP contribution in [-0.4, -0.2) is 30.6 Å². The van der Waals surface area contributed by atoms with Crippen molar-refractivity contribution in [3.8, 4) is 0 Å². The maximum Gasteiger partial charge on any atom is 0.302 e. The summed E-state index contributed by atoms with van der Waals surface area (Å²) < 4.78 is 10.4. The number of carbonyl (C=O) groups is 2. The number of Topliss-reactive ketones (excluding diaryl/α,β-unsaturated/α-hetero) is 1. The number of hydrogen-bond acceptors (Lipinski definition) is 4. The van der Waals surface area contributed by atoms with Crippen LogP contribution in [0.1, 0.15) is 53.9 Å². The first kappa shape index (κ1) is 17.1. The van der Waals surface area contributed by atoms with Crippen LogP contribution in [0, 0.1) is 5.92 Å². The van der Waals surface area contributed by atoms with E-state index in [1.807, 2.05) is 27.7 Å². The van der Waals surface area contributed by atoms with Crippen molar-refractivity contribution in [1.82, 2.24) is 0 Å². The van der Waals surface area contributed by atoms with Crippen LogP contribution in [0.2, 0.25) is 0 Å². The third-order valence-corrected chi connectivity index (χ3v) is 2.65. The molecule has 0 aliphatic rings. The molecule has 106 valence electrons. The zero-order valence-corrected chi connectivity index (χ0v) is 12.2. The maximum absolute atomic E-state index is 11.9. The van der Waals surface area contributed by atoms with Crippen LogP contribution in [0.4, 0.5) is 0 Å². The van der Waals surface area contributed by atoms with Crippen LogP contribution in [0.3, 0.4) is 0 Å². The Labute approximate surface area is 110 Å². The van der Waals surface area contributed by atoms with Crippen molar-refractivity contribution in [1.29, 1.82) is 0 Å². The average molecular weight is 258 g/mol. The standard InChI is InChI=1S/C14H26O4/c1-6-18-14(4,5)10-13(16)9-11(2)7-8-17-12(3)15/h11H,6-10H2,1-5H3. The number of esters is 1. The third kappa shape index (κ3) is 9.16. The van der Waals surface area contributed by atoms with Crippen molar-refractivity contribution < 1.29 is 19.1 Å². The van der Waals surface area contributed by atoms with Gasteiger partial charge < -0.3 is 9.47 Å². The van der Waals surface area contributed by atoms with Crippen molar-refractivity contribution in [3.63, 3.8) is 0 Å². The highest BCUT2D eigenvalue weighted by molar-refractivity contribution is 5.79. The van der Waals surface area contributed by atoms with Gasteiger partial charge in [0, 0.05) is 26.4 Å². The Morgan fingerprint density at radius 2 is 1.89 bits per heavy atom. The molecule has 1 atom stereocenters. The molecular formula is C14H26O4. The van der Waals surface area contributed by atoms with E-state index in [1.54, 1.807) is 0 Å². The lowest BCUT2D eigenvalue weighted by atomic mass is 9.94. The zero-order valence-electron chi connectivity index (χ0n) is 12.2. The van der Waals surface area contributed by atoms with Gasteiger partial charge >= 0.3 is 5.97 Å². The van der Waals surface area contributed by atoms with E-state index in [2.05, 4.69) is 0 Å². The second-order valence-corrected chi connectivity index (χ2v) is 5.35. The van der Waals surface area contributed by atoms with Gasteiger partial charge in [-0.1, -0.05) is 6.92 Å². The summed E-state index contributed by atoms with van der Waals surface area (Å²) in [4.78, 5) is 22.5. The quantitative estimate of drug-likeness (QED) is 0.597. The van der Waals surface area contributed by atoms with Crippen LogP contribution >= 0.6 is 0 Å². The molecule has 0 fully saturated rings. The van der Waals surface area contributed by atoms with E-state index in [4.69, 9.17) is 9.47 Å². The predicted octanol–water partition coefficient (Wildman–Crippen LogP) is 2.74. The third-order valence-electron chi connectivity index (χ3n) is 2.65. The van der Waals surface area contributed by atoms with Crippen LogP contribution in [-0.2, 0) is 19.1 Å². The van der Waals surface area contributed by atoms with Crippen LogP contribution in [0.5, 0.6) is 0 Å². The van der Waals surface area contributed by atoms with E-state index in [0.29, 0.717) is 26.1 Å². The summed E-state index contributed by atoms with van der Waals surface area (Å²) >= 11 is 0. The first-order chi connectivity index (χ1) is 8.26. The smallest absolute Gasteiger partial charge is 0.302 e. The summed E-state index contributed by atoms with van der Waals surface area (Å²) in [5.41, 5.74) is -0.387. The maximum atomic E-state index is 11.9. The van der Waals surface area contributed by atoms with Gasteiger partial charge in [-0.2, -0.15) is 0 Å². The molecule has 0 N–H and O–H groups in total. The fourth-order valence-electron chi connectivity index (χ4n) is 1.88. The SMILES string of the molecule is CCOC(C)(C)CC(=O)CC(C)CCOC(C)=O. The lowest BCUT2D eigenvalue weighted by Crippen LogP contribution is -2.28. The molecule has 0 aliphatic carbocycles. The Kier molecular flexibility index (Phi) is 7.83. The fourth-order valence-corrected chi connectivity index (χ4v) is 1.88. The molecule has 0 saturated heterocycles. The summed E-state index contributed by atoms with van der Waals surface area (Å²) in [6.07, 6.45) is 1.66. The van der Waals surface area contributed by atoms with Crippen molar-refractivity contribution in [3.05, 3.63) is 0 Å². The number of carbonyl (C=O) groups excluding carboxylic acids is 2. The van der Waals surface area contributed by atoms with E-state index in [9.17, 15) is 9.59 Å². The molecule has 4 nitrogen and oxygen atoms in total. The molecule has 18 heavy (non-hydrogen) atoms. The predicted molar refractivity (Wildman–Crippen MR) is 70.4 cm³/mol. The molecule has 1 unspecified atom stereocenters. The number of ether oxygens (including phenoxy) is 2. The van der Waals surface area contributed by atoms with Gasteiger partial charge in [0.15, 0.2) is 0 Å². The second-order valence-electron chi connectivity index (χ2n) is 5.35. The lowest BCUT2D eigenvalue weighted by molar-refractivity contribution is -0.141. The van der Waals surface area contributed by atoms with Gasteiger partial charge in [-0.3, -0.25) is 9.59 Å². The van der Waals surface area contributed by atoms with E-state index in [1.165, 1.54) is 6.92 Å². The van der Waals surface area contributed by atoms with Gasteiger partial charge in [0.25, 0.3) is 0 Å². The Morgan fingerprint density at radius 1 is 1.28 bits per heavy atom. The number of ketones is 1. The molecular weight excluding hydrogens is 232 g/mol. The average Bonchev–Trinajstić information content (AvgIpc) is 2.14. The molecule has 0 heterocycles. The summed E-state index contributed by atoms with van der Waals surface area (Å²) in [7, 11) is 0. The molecule has 0 saturated carbocycles. The number of rotatable bonds is 9. The van der Waals surface area contributed by atoms with E-state index in [-0.39, 0.29) is 23.3 Å². The Morgan fingerprint density at radius 3 is 2.39 bits per heavy atom. The van der Waals surface area contributed by atoms with Crippen LogP contribution in [0.15, 0.2) is 0 Å². The van der Waals surface area contributed by atoms with E-state index < -0.39 is 0 Å². The van der Waals surface area contributed by atoms with Gasteiger partial charge in [0.1, 0.15) is 5.78 Å². The van der Waals surface area contributed by atoms with Gasteiger partial charge in [-0.05, 0) is 33.1 Å². The Bertz CT molecular complexity index is 271. The minimum Gasteiger partial charge on any atom is -0.466 e. The highest BCUT2D eigenvalue weighted by Crippen LogP contribution is 2.18. The summed E-state index contributed by atoms with van der Waals surface area (Å²) in [5.74, 6) is 0.157. The van der Waals surface area contributed by atoms with Gasteiger partial charge in [0.2, 0.25) is 0 Å². The molecule has 0 aromatic rings. The fraction of sp³-hybridized carbons (Fsp3) is 0.857. The summed E-state index contributed by atoms with van der Waals surface area (Å²) in [6.45, 7) is 10.2. The van der Waals surface area contributed by atoms with Crippen LogP contribution in [0.25, 0.3) is 0 Å². The topological polar surface area (TPSA) is 52.6 Å². The van der Waals surface area contributed by atoms with E-state index >= 15 is 0 Å². The van der Waals surface area contributed by atoms with Crippen molar-refractivity contribution in [2.24, 2.45) is 5.92 Å². The molecule has 4 heteroatoms. The normalized spacial score (nSPS) is 13.2. The minimum absolute atomic E-state index is 0.198. The lowest BCUT2D eigenvalue weighted by Gasteiger charge is -2.24. The molecule has 0 amide bonds. The van der Waals surface area contributed by atoms with Crippen molar-refractivity contribution in [2.45, 2.75) is 59.5 Å². The summed E-state index contributed by atoms with van der Waals surface area (Å²) in [5, 5.41) is 0. The monoisotopic (exact) mass is 258 g/mol. The molecule has 0 rings (SSSR count). The van der Waals surface area contributed by atoms with Gasteiger partial charge in [-0.25, -0.2) is 0 Å². The molecule has 0 aromatic heterocycles. The van der Waals surface area contributed by atoms with Crippen molar-refractivity contribution in [2.75, 3.05) is 13.2 Å². The molecule has 0 spiro atoms. The molecule has 0 radical (unpaired) electrons. The highest BCUT2D eigenvalue weighted by atomic mass is 16.5. The Balaban J connectivity index is 3.89. The minimum atomic E-state index is -0.387. The van der Waals surface area contributed by atoms with Crippen molar-refractivity contribution >= 4 is 11.8 Å². The first-order valence-electron chi connectivity index (χ1n) is 6.56. The molecule has 0 aliphatic heterocycles. The summed E-state index contributed by atoms with van der Waals surface area (Å²) in [6, 6.07) is 0. The second kappa shape index (κ2) is 8.25. The Hall–Kier alpha value is -0.900. The van der Waals surface area contributed by atoms with Crippen LogP contribution < -0.4 is 0 Å². The first-order valence-corrected chi connectivity index (χ1v) is 6.56. The number of hydrogen-bond donors (Lipinski definition) is 0. The van der Waals surface area contributed by atoms with Gasteiger partial charge in [0.05, 0.1) is 12.2 Å². The highest BCUT2D eigenvalue weighted by Gasteiger charge is 2.22. The zero-order chi connectivity index (χ0) is 14.2. The largest absolute Gasteiger partial charge is 0.466 e. The molecule has 0 bridgehead atoms. The molecule has 0 aromatic carbocycles. The van der Waals surface area contributed by atoms with Gasteiger partial charge in [-0.15, -0.1) is 0 Å². The van der Waals surface area contributed by atoms with E-state index in [0.717, 1.165) is 6.42 Å².